The maximum atomic E-state index is 11.1. The number of methoxy groups -OCH3 is 1. The Morgan fingerprint density at radius 1 is 1.47 bits per heavy atom. The van der Waals surface area contributed by atoms with Gasteiger partial charge in [-0.3, -0.25) is 14.9 Å². The molecule has 0 rings (SSSR count). The van der Waals surface area contributed by atoms with Crippen molar-refractivity contribution >= 4 is 11.9 Å². The first kappa shape index (κ1) is 13.3. The van der Waals surface area contributed by atoms with Gasteiger partial charge in [0.2, 0.25) is 0 Å². The highest BCUT2D eigenvalue weighted by molar-refractivity contribution is 5.76. The summed E-state index contributed by atoms with van der Waals surface area (Å²) in [5.41, 5.74) is 0. The first-order chi connectivity index (χ1) is 7.02. The lowest BCUT2D eigenvalue weighted by Crippen LogP contribution is -2.32. The molecule has 0 aliphatic heterocycles. The Bertz CT molecular complexity index is 252. The van der Waals surface area contributed by atoms with Crippen molar-refractivity contribution in [1.29, 1.82) is 0 Å². The Hall–Kier alpha value is -1.66. The molecule has 7 heteroatoms. The fourth-order valence-electron chi connectivity index (χ4n) is 0.904. The minimum absolute atomic E-state index is 0.0708. The number of esters is 2. The Balaban J connectivity index is 4.22. The van der Waals surface area contributed by atoms with Crippen LogP contribution in [0.2, 0.25) is 0 Å². The monoisotopic (exact) mass is 219 g/mol. The van der Waals surface area contributed by atoms with E-state index < -0.39 is 22.9 Å². The topological polar surface area (TPSA) is 95.7 Å². The van der Waals surface area contributed by atoms with Crippen LogP contribution >= 0.6 is 0 Å². The van der Waals surface area contributed by atoms with E-state index in [9.17, 15) is 19.7 Å². The van der Waals surface area contributed by atoms with E-state index in [0.29, 0.717) is 0 Å². The van der Waals surface area contributed by atoms with Crippen molar-refractivity contribution < 1.29 is 24.0 Å². The minimum atomic E-state index is -1.50. The lowest BCUT2D eigenvalue weighted by molar-refractivity contribution is -0.511. The van der Waals surface area contributed by atoms with Gasteiger partial charge < -0.3 is 9.47 Å². The summed E-state index contributed by atoms with van der Waals surface area (Å²) in [6, 6.07) is -1.50. The van der Waals surface area contributed by atoms with Crippen LogP contribution in [-0.2, 0) is 19.1 Å². The van der Waals surface area contributed by atoms with Gasteiger partial charge in [0.15, 0.2) is 0 Å². The van der Waals surface area contributed by atoms with Gasteiger partial charge in [0.1, 0.15) is 0 Å². The normalized spacial score (nSPS) is 11.6. The Morgan fingerprint density at radius 2 is 2.07 bits per heavy atom. The molecule has 0 aliphatic rings. The molecule has 1 unspecified atom stereocenters. The molecule has 0 fully saturated rings. The van der Waals surface area contributed by atoms with Gasteiger partial charge in [-0.25, -0.2) is 4.79 Å². The maximum absolute atomic E-state index is 11.1. The van der Waals surface area contributed by atoms with Crippen molar-refractivity contribution in [3.63, 3.8) is 0 Å². The third-order valence-electron chi connectivity index (χ3n) is 1.66. The summed E-state index contributed by atoms with van der Waals surface area (Å²) >= 11 is 0. The van der Waals surface area contributed by atoms with Crippen LogP contribution in [0.5, 0.6) is 0 Å². The van der Waals surface area contributed by atoms with E-state index in [1.54, 1.807) is 6.92 Å². The van der Waals surface area contributed by atoms with E-state index in [1.807, 2.05) is 0 Å². The van der Waals surface area contributed by atoms with E-state index in [-0.39, 0.29) is 19.4 Å². The number of nitrogens with zero attached hydrogens (tertiary/aromatic N) is 1. The van der Waals surface area contributed by atoms with E-state index in [4.69, 9.17) is 0 Å². The van der Waals surface area contributed by atoms with Gasteiger partial charge in [-0.1, -0.05) is 0 Å². The molecule has 0 spiro atoms. The van der Waals surface area contributed by atoms with Crippen LogP contribution in [0.25, 0.3) is 0 Å². The van der Waals surface area contributed by atoms with Crippen molar-refractivity contribution in [2.24, 2.45) is 0 Å². The number of hydrogen-bond acceptors (Lipinski definition) is 6. The second-order valence-corrected chi connectivity index (χ2v) is 2.67. The number of carbonyl (C=O) groups is 2. The van der Waals surface area contributed by atoms with Crippen LogP contribution in [0.4, 0.5) is 0 Å². The highest BCUT2D eigenvalue weighted by Crippen LogP contribution is 2.05. The molecule has 0 heterocycles. The van der Waals surface area contributed by atoms with Crippen molar-refractivity contribution in [1.82, 2.24) is 0 Å². The van der Waals surface area contributed by atoms with Crippen molar-refractivity contribution in [2.75, 3.05) is 13.7 Å². The fraction of sp³-hybridized carbons (Fsp3) is 0.750. The van der Waals surface area contributed by atoms with Gasteiger partial charge in [-0.15, -0.1) is 0 Å². The molecule has 0 saturated heterocycles. The summed E-state index contributed by atoms with van der Waals surface area (Å²) < 4.78 is 8.80. The largest absolute Gasteiger partial charge is 0.469 e. The zero-order valence-corrected chi connectivity index (χ0v) is 8.60. The molecule has 1 atom stereocenters. The summed E-state index contributed by atoms with van der Waals surface area (Å²) in [6.45, 7) is 1.62. The van der Waals surface area contributed by atoms with E-state index in [0.717, 1.165) is 0 Å². The Morgan fingerprint density at radius 3 is 2.47 bits per heavy atom. The zero-order chi connectivity index (χ0) is 11.8. The van der Waals surface area contributed by atoms with Crippen molar-refractivity contribution in [3.05, 3.63) is 10.1 Å². The molecule has 86 valence electrons. The lowest BCUT2D eigenvalue weighted by atomic mass is 10.1. The molecule has 0 radical (unpaired) electrons. The first-order valence-electron chi connectivity index (χ1n) is 4.39. The van der Waals surface area contributed by atoms with Crippen LogP contribution < -0.4 is 0 Å². The number of hydrogen-bond donors (Lipinski definition) is 0. The van der Waals surface area contributed by atoms with E-state index >= 15 is 0 Å². The molecule has 0 aliphatic carbocycles. The summed E-state index contributed by atoms with van der Waals surface area (Å²) in [5, 5.41) is 10.5. The highest BCUT2D eigenvalue weighted by Gasteiger charge is 2.31. The van der Waals surface area contributed by atoms with Gasteiger partial charge in [-0.05, 0) is 6.92 Å². The predicted octanol–water partition coefficient (Wildman–Crippen LogP) is 0.148. The molecule has 0 aromatic rings. The molecular formula is C8H13NO6. The average molecular weight is 219 g/mol. The summed E-state index contributed by atoms with van der Waals surface area (Å²) in [7, 11) is 1.17. The van der Waals surface area contributed by atoms with Crippen LogP contribution in [0.3, 0.4) is 0 Å². The Labute approximate surface area is 86.5 Å². The van der Waals surface area contributed by atoms with Gasteiger partial charge in [0.25, 0.3) is 0 Å². The van der Waals surface area contributed by atoms with Gasteiger partial charge in [-0.2, -0.15) is 0 Å². The molecule has 7 nitrogen and oxygen atoms in total. The second kappa shape index (κ2) is 6.74. The molecule has 15 heavy (non-hydrogen) atoms. The third kappa shape index (κ3) is 4.94. The molecule has 0 amide bonds. The first-order valence-corrected chi connectivity index (χ1v) is 4.39. The fourth-order valence-corrected chi connectivity index (χ4v) is 0.904. The van der Waals surface area contributed by atoms with Crippen LogP contribution in [0, 0.1) is 10.1 Å². The lowest BCUT2D eigenvalue weighted by Gasteiger charge is -2.07. The second-order valence-electron chi connectivity index (χ2n) is 2.67. The maximum Gasteiger partial charge on any atom is 0.381 e. The molecule has 0 saturated carbocycles. The SMILES string of the molecule is CCOC(=O)C(CCC(=O)OC)[N+](=O)[O-]. The number of rotatable bonds is 6. The quantitative estimate of drug-likeness (QED) is 0.358. The molecule has 0 aromatic carbocycles. The summed E-state index contributed by atoms with van der Waals surface area (Å²) in [4.78, 5) is 31.5. The highest BCUT2D eigenvalue weighted by atomic mass is 16.6. The third-order valence-corrected chi connectivity index (χ3v) is 1.66. The molecular weight excluding hydrogens is 206 g/mol. The van der Waals surface area contributed by atoms with E-state index in [2.05, 4.69) is 9.47 Å². The van der Waals surface area contributed by atoms with Crippen LogP contribution in [0.15, 0.2) is 0 Å². The number of carbonyl (C=O) groups excluding carboxylic acids is 2. The predicted molar refractivity (Wildman–Crippen MR) is 48.7 cm³/mol. The Kier molecular flexibility index (Phi) is 6.00. The standard InChI is InChI=1S/C8H13NO6/c1-3-15-8(11)6(9(12)13)4-5-7(10)14-2/h6H,3-5H2,1-2H3. The average Bonchev–Trinajstić information content (AvgIpc) is 2.17. The molecule has 0 bridgehead atoms. The molecule has 0 aromatic heterocycles. The van der Waals surface area contributed by atoms with Gasteiger partial charge in [0.05, 0.1) is 20.1 Å². The summed E-state index contributed by atoms with van der Waals surface area (Å²) in [5.74, 6) is -1.52. The van der Waals surface area contributed by atoms with Crippen molar-refractivity contribution in [3.8, 4) is 0 Å². The zero-order valence-electron chi connectivity index (χ0n) is 8.60. The van der Waals surface area contributed by atoms with Gasteiger partial charge in [0, 0.05) is 11.3 Å². The minimum Gasteiger partial charge on any atom is -0.469 e. The molecule has 0 N–H and O–H groups in total. The van der Waals surface area contributed by atoms with Gasteiger partial charge >= 0.3 is 18.0 Å². The number of ether oxygens (including phenoxy) is 2. The summed E-state index contributed by atoms with van der Waals surface area (Å²) in [6.07, 6.45) is -0.389. The van der Waals surface area contributed by atoms with Crippen LogP contribution in [0.1, 0.15) is 19.8 Å². The van der Waals surface area contributed by atoms with E-state index in [1.165, 1.54) is 7.11 Å². The van der Waals surface area contributed by atoms with Crippen molar-refractivity contribution in [2.45, 2.75) is 25.8 Å². The van der Waals surface area contributed by atoms with Crippen LogP contribution in [-0.4, -0.2) is 36.6 Å². The number of nitro groups is 1. The smallest absolute Gasteiger partial charge is 0.381 e.